The molecule has 2 aromatic rings. The number of methoxy groups -OCH3 is 1. The van der Waals surface area contributed by atoms with Crippen molar-refractivity contribution in [1.29, 1.82) is 0 Å². The Morgan fingerprint density at radius 3 is 2.31 bits per heavy atom. The van der Waals surface area contributed by atoms with Crippen molar-refractivity contribution in [2.45, 2.75) is 6.92 Å². The van der Waals surface area contributed by atoms with Gasteiger partial charge in [0.2, 0.25) is 0 Å². The fourth-order valence-corrected chi connectivity index (χ4v) is 3.14. The maximum absolute atomic E-state index is 12.8. The lowest BCUT2D eigenvalue weighted by atomic mass is 10.1. The molecule has 1 aromatic carbocycles. The predicted octanol–water partition coefficient (Wildman–Crippen LogP) is 2.05. The molecule has 0 aliphatic carbocycles. The number of carbonyl (C=O) groups excluding carboxylic acids is 2. The van der Waals surface area contributed by atoms with Crippen LogP contribution in [0, 0.1) is 6.92 Å². The second-order valence-corrected chi connectivity index (χ2v) is 6.38. The zero-order chi connectivity index (χ0) is 18.7. The van der Waals surface area contributed by atoms with Gasteiger partial charge in [0.1, 0.15) is 11.4 Å². The lowest BCUT2D eigenvalue weighted by molar-refractivity contribution is 0.0531. The summed E-state index contributed by atoms with van der Waals surface area (Å²) in [4.78, 5) is 36.6. The van der Waals surface area contributed by atoms with Crippen molar-refractivity contribution in [3.8, 4) is 5.75 Å². The average Bonchev–Trinajstić information content (AvgIpc) is 2.69. The summed E-state index contributed by atoms with van der Waals surface area (Å²) in [6, 6.07) is 3.39. The molecule has 0 spiro atoms. The van der Waals surface area contributed by atoms with E-state index >= 15 is 0 Å². The molecule has 0 N–H and O–H groups in total. The SMILES string of the molecule is COc1cc(C)c(C(=O)N2CCN(C(=O)c3cnccn3)CC2)cc1Cl. The third-order valence-corrected chi connectivity index (χ3v) is 4.66. The fraction of sp³-hybridized carbons (Fsp3) is 0.333. The molecule has 1 aliphatic rings. The molecule has 136 valence electrons. The van der Waals surface area contributed by atoms with Crippen LogP contribution in [0.25, 0.3) is 0 Å². The summed E-state index contributed by atoms with van der Waals surface area (Å²) in [7, 11) is 1.54. The Kier molecular flexibility index (Phi) is 5.37. The van der Waals surface area contributed by atoms with Crippen molar-refractivity contribution in [1.82, 2.24) is 19.8 Å². The van der Waals surface area contributed by atoms with Crippen molar-refractivity contribution in [2.75, 3.05) is 33.3 Å². The van der Waals surface area contributed by atoms with Crippen LogP contribution >= 0.6 is 11.6 Å². The number of halogens is 1. The summed E-state index contributed by atoms with van der Waals surface area (Å²) in [5.41, 5.74) is 1.66. The number of nitrogens with zero attached hydrogens (tertiary/aromatic N) is 4. The first-order chi connectivity index (χ1) is 12.5. The Hall–Kier alpha value is -2.67. The highest BCUT2D eigenvalue weighted by atomic mass is 35.5. The minimum Gasteiger partial charge on any atom is -0.495 e. The van der Waals surface area contributed by atoms with Crippen molar-refractivity contribution in [3.63, 3.8) is 0 Å². The van der Waals surface area contributed by atoms with Crippen LogP contribution < -0.4 is 4.74 Å². The van der Waals surface area contributed by atoms with Gasteiger partial charge in [0.15, 0.2) is 0 Å². The molecule has 1 fully saturated rings. The van der Waals surface area contributed by atoms with Crippen LogP contribution in [0.2, 0.25) is 5.02 Å². The van der Waals surface area contributed by atoms with Crippen LogP contribution in [-0.4, -0.2) is 64.9 Å². The van der Waals surface area contributed by atoms with E-state index in [0.717, 1.165) is 5.56 Å². The van der Waals surface area contributed by atoms with Gasteiger partial charge >= 0.3 is 0 Å². The Morgan fingerprint density at radius 2 is 1.73 bits per heavy atom. The lowest BCUT2D eigenvalue weighted by Crippen LogP contribution is -2.50. The van der Waals surface area contributed by atoms with Crippen molar-refractivity contribution in [3.05, 3.63) is 52.6 Å². The number of rotatable bonds is 3. The number of hydrogen-bond donors (Lipinski definition) is 0. The van der Waals surface area contributed by atoms with Gasteiger partial charge in [-0.3, -0.25) is 14.6 Å². The third kappa shape index (κ3) is 3.62. The van der Waals surface area contributed by atoms with Gasteiger partial charge in [-0.1, -0.05) is 11.6 Å². The number of amides is 2. The Balaban J connectivity index is 1.67. The number of benzene rings is 1. The smallest absolute Gasteiger partial charge is 0.274 e. The highest BCUT2D eigenvalue weighted by molar-refractivity contribution is 6.32. The van der Waals surface area contributed by atoms with Crippen LogP contribution in [0.1, 0.15) is 26.4 Å². The second kappa shape index (κ2) is 7.70. The first kappa shape index (κ1) is 18.1. The van der Waals surface area contributed by atoms with Crippen molar-refractivity contribution in [2.24, 2.45) is 0 Å². The maximum Gasteiger partial charge on any atom is 0.274 e. The van der Waals surface area contributed by atoms with Gasteiger partial charge in [-0.05, 0) is 24.6 Å². The van der Waals surface area contributed by atoms with E-state index in [0.29, 0.717) is 48.2 Å². The number of piperazine rings is 1. The molecular weight excluding hydrogens is 356 g/mol. The molecule has 3 rings (SSSR count). The van der Waals surface area contributed by atoms with Crippen LogP contribution in [-0.2, 0) is 0 Å². The quantitative estimate of drug-likeness (QED) is 0.821. The topological polar surface area (TPSA) is 75.6 Å². The molecule has 2 heterocycles. The molecule has 7 nitrogen and oxygen atoms in total. The molecule has 1 saturated heterocycles. The highest BCUT2D eigenvalue weighted by Gasteiger charge is 2.27. The fourth-order valence-electron chi connectivity index (χ4n) is 2.90. The highest BCUT2D eigenvalue weighted by Crippen LogP contribution is 2.28. The summed E-state index contributed by atoms with van der Waals surface area (Å²) in [5.74, 6) is 0.271. The van der Waals surface area contributed by atoms with Crippen LogP contribution in [0.3, 0.4) is 0 Å². The molecular formula is C18H19ClN4O3. The van der Waals surface area contributed by atoms with Crippen LogP contribution in [0.5, 0.6) is 5.75 Å². The van der Waals surface area contributed by atoms with Gasteiger partial charge in [-0.2, -0.15) is 0 Å². The largest absolute Gasteiger partial charge is 0.495 e. The van der Waals surface area contributed by atoms with Crippen LogP contribution in [0.15, 0.2) is 30.7 Å². The number of ether oxygens (including phenoxy) is 1. The molecule has 1 aromatic heterocycles. The summed E-state index contributed by atoms with van der Waals surface area (Å²) >= 11 is 6.16. The molecule has 0 radical (unpaired) electrons. The summed E-state index contributed by atoms with van der Waals surface area (Å²) in [6.07, 6.45) is 4.46. The molecule has 0 saturated carbocycles. The Labute approximate surface area is 156 Å². The van der Waals surface area contributed by atoms with E-state index in [4.69, 9.17) is 16.3 Å². The van der Waals surface area contributed by atoms with Gasteiger partial charge in [-0.25, -0.2) is 4.98 Å². The monoisotopic (exact) mass is 374 g/mol. The lowest BCUT2D eigenvalue weighted by Gasteiger charge is -2.34. The van der Waals surface area contributed by atoms with Gasteiger partial charge in [0, 0.05) is 44.1 Å². The van der Waals surface area contributed by atoms with Crippen LogP contribution in [0.4, 0.5) is 0 Å². The van der Waals surface area contributed by atoms with E-state index in [9.17, 15) is 9.59 Å². The summed E-state index contributed by atoms with van der Waals surface area (Å²) < 4.78 is 5.18. The summed E-state index contributed by atoms with van der Waals surface area (Å²) in [5, 5.41) is 0.401. The predicted molar refractivity (Wildman–Crippen MR) is 96.6 cm³/mol. The molecule has 0 bridgehead atoms. The molecule has 0 unspecified atom stereocenters. The molecule has 0 atom stereocenters. The van der Waals surface area contributed by atoms with Gasteiger partial charge in [0.05, 0.1) is 18.3 Å². The molecule has 8 heteroatoms. The maximum atomic E-state index is 12.8. The van der Waals surface area contributed by atoms with E-state index in [1.807, 2.05) is 6.92 Å². The zero-order valence-corrected chi connectivity index (χ0v) is 15.4. The number of carbonyl (C=O) groups is 2. The summed E-state index contributed by atoms with van der Waals surface area (Å²) in [6.45, 7) is 3.65. The zero-order valence-electron chi connectivity index (χ0n) is 14.6. The van der Waals surface area contributed by atoms with E-state index in [1.54, 1.807) is 21.9 Å². The minimum absolute atomic E-state index is 0.0985. The number of hydrogen-bond acceptors (Lipinski definition) is 5. The Bertz CT molecular complexity index is 821. The van der Waals surface area contributed by atoms with E-state index in [-0.39, 0.29) is 11.8 Å². The minimum atomic E-state index is -0.172. The van der Waals surface area contributed by atoms with Crippen molar-refractivity contribution >= 4 is 23.4 Å². The van der Waals surface area contributed by atoms with E-state index in [1.165, 1.54) is 25.7 Å². The number of aryl methyl sites for hydroxylation is 1. The molecule has 26 heavy (non-hydrogen) atoms. The van der Waals surface area contributed by atoms with E-state index < -0.39 is 0 Å². The molecule has 1 aliphatic heterocycles. The van der Waals surface area contributed by atoms with E-state index in [2.05, 4.69) is 9.97 Å². The Morgan fingerprint density at radius 1 is 1.08 bits per heavy atom. The van der Waals surface area contributed by atoms with Gasteiger partial charge in [-0.15, -0.1) is 0 Å². The first-order valence-electron chi connectivity index (χ1n) is 8.20. The second-order valence-electron chi connectivity index (χ2n) is 5.98. The molecule has 2 amide bonds. The van der Waals surface area contributed by atoms with Gasteiger partial charge in [0.25, 0.3) is 11.8 Å². The standard InChI is InChI=1S/C18H19ClN4O3/c1-12-9-16(26-2)14(19)10-13(12)17(24)22-5-7-23(8-6-22)18(25)15-11-20-3-4-21-15/h3-4,9-11H,5-8H2,1-2H3. The van der Waals surface area contributed by atoms with Gasteiger partial charge < -0.3 is 14.5 Å². The van der Waals surface area contributed by atoms with Crippen molar-refractivity contribution < 1.29 is 14.3 Å². The normalized spacial score (nSPS) is 14.3. The first-order valence-corrected chi connectivity index (χ1v) is 8.57. The average molecular weight is 375 g/mol. The third-order valence-electron chi connectivity index (χ3n) is 4.37. The number of aromatic nitrogens is 2.